The van der Waals surface area contributed by atoms with Crippen molar-refractivity contribution in [3.63, 3.8) is 0 Å². The third-order valence-corrected chi connectivity index (χ3v) is 8.22. The fourth-order valence-corrected chi connectivity index (χ4v) is 6.66. The zero-order chi connectivity index (χ0) is 26.5. The summed E-state index contributed by atoms with van der Waals surface area (Å²) in [5.74, 6) is -3.26. The van der Waals surface area contributed by atoms with Gasteiger partial charge in [-0.2, -0.15) is 0 Å². The number of alkyl halides is 1. The molecule has 3 aliphatic rings. The molecule has 0 bridgehead atoms. The molecule has 1 amide bonds. The number of phenols is 1. The summed E-state index contributed by atoms with van der Waals surface area (Å²) >= 11 is 0. The van der Waals surface area contributed by atoms with Crippen molar-refractivity contribution in [2.45, 2.75) is 51.7 Å². The maximum Gasteiger partial charge on any atom is 0.248 e. The molecule has 36 heavy (non-hydrogen) atoms. The molecule has 0 saturated heterocycles. The van der Waals surface area contributed by atoms with Crippen molar-refractivity contribution in [3.05, 3.63) is 45.7 Å². The molecule has 1 fully saturated rings. The lowest BCUT2D eigenvalue weighted by atomic mass is 9.56. The number of rotatable bonds is 7. The van der Waals surface area contributed by atoms with Crippen molar-refractivity contribution in [3.8, 4) is 5.75 Å². The number of nitrogens with one attached hydrogen (secondary N) is 1. The van der Waals surface area contributed by atoms with Crippen LogP contribution >= 0.6 is 0 Å². The van der Waals surface area contributed by atoms with Gasteiger partial charge in [-0.1, -0.05) is 13.0 Å². The first kappa shape index (κ1) is 26.2. The minimum Gasteiger partial charge on any atom is -0.510 e. The van der Waals surface area contributed by atoms with Gasteiger partial charge >= 0.3 is 0 Å². The van der Waals surface area contributed by atoms with Crippen molar-refractivity contribution in [1.29, 1.82) is 0 Å². The highest BCUT2D eigenvalue weighted by molar-refractivity contribution is 6.07. The van der Waals surface area contributed by atoms with Crippen LogP contribution in [0, 0.1) is 23.7 Å². The second kappa shape index (κ2) is 9.86. The lowest BCUT2D eigenvalue weighted by Crippen LogP contribution is -2.55. The van der Waals surface area contributed by atoms with E-state index in [0.29, 0.717) is 25.8 Å². The number of carbonyl (C=O) groups excluding carboxylic acids is 2. The van der Waals surface area contributed by atoms with Gasteiger partial charge in [0.25, 0.3) is 0 Å². The Labute approximate surface area is 210 Å². The molecule has 4 rings (SSSR count). The summed E-state index contributed by atoms with van der Waals surface area (Å²) in [6, 6.07) is 2.32. The smallest absolute Gasteiger partial charge is 0.248 e. The Morgan fingerprint density at radius 3 is 2.56 bits per heavy atom. The number of ketones is 1. The van der Waals surface area contributed by atoms with Gasteiger partial charge in [-0.05, 0) is 69.3 Å². The number of phenolic OH excluding ortho intramolecular Hbond substituents is 1. The van der Waals surface area contributed by atoms with E-state index in [4.69, 9.17) is 5.73 Å². The van der Waals surface area contributed by atoms with Gasteiger partial charge in [0.15, 0.2) is 5.78 Å². The molecule has 1 aromatic carbocycles. The van der Waals surface area contributed by atoms with Crippen molar-refractivity contribution in [2.75, 3.05) is 20.8 Å². The summed E-state index contributed by atoms with van der Waals surface area (Å²) in [7, 11) is 3.58. The minimum atomic E-state index is -0.746. The van der Waals surface area contributed by atoms with Gasteiger partial charge in [0.05, 0.1) is 17.2 Å². The summed E-state index contributed by atoms with van der Waals surface area (Å²) in [5.41, 5.74) is 7.80. The van der Waals surface area contributed by atoms with E-state index in [-0.39, 0.29) is 57.6 Å². The second-order valence-corrected chi connectivity index (χ2v) is 10.6. The van der Waals surface area contributed by atoms with E-state index in [2.05, 4.69) is 5.32 Å². The van der Waals surface area contributed by atoms with Crippen LogP contribution in [-0.2, 0) is 22.6 Å². The predicted molar refractivity (Wildman–Crippen MR) is 134 cm³/mol. The van der Waals surface area contributed by atoms with Gasteiger partial charge in [0.2, 0.25) is 5.91 Å². The SMILES string of the molecule is CCC1C(C(N)=O)=C(O)C(N(C)C)C2CC3Cc4c(CNC(C)CF)ccc(O)c4C(O)=C3C(=O)C12. The molecule has 1 saturated carbocycles. The summed E-state index contributed by atoms with van der Waals surface area (Å²) < 4.78 is 13.0. The minimum absolute atomic E-state index is 0.0796. The lowest BCUT2D eigenvalue weighted by molar-refractivity contribution is -0.128. The Morgan fingerprint density at radius 2 is 1.97 bits per heavy atom. The number of primary amides is 1. The Kier molecular flexibility index (Phi) is 7.16. The van der Waals surface area contributed by atoms with Crippen molar-refractivity contribution in [2.24, 2.45) is 29.4 Å². The van der Waals surface area contributed by atoms with Crippen molar-refractivity contribution >= 4 is 17.4 Å². The molecule has 0 aliphatic heterocycles. The van der Waals surface area contributed by atoms with Crippen molar-refractivity contribution < 1.29 is 29.3 Å². The van der Waals surface area contributed by atoms with Gasteiger partial charge in [0, 0.05) is 30.0 Å². The number of hydrogen-bond acceptors (Lipinski definition) is 7. The molecular weight excluding hydrogens is 465 g/mol. The zero-order valence-corrected chi connectivity index (χ0v) is 21.2. The van der Waals surface area contributed by atoms with E-state index < -0.39 is 30.5 Å². The second-order valence-electron chi connectivity index (χ2n) is 10.6. The van der Waals surface area contributed by atoms with E-state index >= 15 is 0 Å². The van der Waals surface area contributed by atoms with E-state index in [1.807, 2.05) is 6.92 Å². The van der Waals surface area contributed by atoms with Crippen LogP contribution in [0.15, 0.2) is 29.0 Å². The first-order valence-corrected chi connectivity index (χ1v) is 12.5. The normalized spacial score (nSPS) is 28.6. The van der Waals surface area contributed by atoms with Crippen LogP contribution in [0.3, 0.4) is 0 Å². The number of hydrogen-bond donors (Lipinski definition) is 5. The molecule has 0 aromatic heterocycles. The van der Waals surface area contributed by atoms with Gasteiger partial charge in [-0.25, -0.2) is 4.39 Å². The highest BCUT2D eigenvalue weighted by Gasteiger charge is 2.55. The average Bonchev–Trinajstić information content (AvgIpc) is 2.81. The largest absolute Gasteiger partial charge is 0.510 e. The van der Waals surface area contributed by atoms with Crippen LogP contribution in [-0.4, -0.2) is 64.8 Å². The van der Waals surface area contributed by atoms with Crippen LogP contribution in [0.2, 0.25) is 0 Å². The summed E-state index contributed by atoms with van der Waals surface area (Å²) in [6.45, 7) is 3.41. The van der Waals surface area contributed by atoms with Crippen LogP contribution in [0.25, 0.3) is 5.76 Å². The number of Topliss-reactive ketones (excluding diaryl/α,β-unsaturated/α-hetero) is 1. The first-order valence-electron chi connectivity index (χ1n) is 12.5. The number of nitrogens with zero attached hydrogens (tertiary/aromatic N) is 1. The Morgan fingerprint density at radius 1 is 1.28 bits per heavy atom. The van der Waals surface area contributed by atoms with Crippen LogP contribution in [0.4, 0.5) is 4.39 Å². The predicted octanol–water partition coefficient (Wildman–Crippen LogP) is 2.75. The number of allylic oxidation sites excluding steroid dienone is 1. The maximum absolute atomic E-state index is 14.0. The number of amides is 1. The van der Waals surface area contributed by atoms with E-state index in [1.54, 1.807) is 32.0 Å². The molecule has 8 nitrogen and oxygen atoms in total. The van der Waals surface area contributed by atoms with Crippen LogP contribution < -0.4 is 11.1 Å². The first-order chi connectivity index (χ1) is 17.0. The summed E-state index contributed by atoms with van der Waals surface area (Å²) in [5, 5.41) is 36.2. The fourth-order valence-electron chi connectivity index (χ4n) is 6.66. The zero-order valence-electron chi connectivity index (χ0n) is 21.2. The van der Waals surface area contributed by atoms with Crippen LogP contribution in [0.1, 0.15) is 43.4 Å². The number of halogens is 1. The summed E-state index contributed by atoms with van der Waals surface area (Å²) in [6.07, 6.45) is 1.36. The third-order valence-electron chi connectivity index (χ3n) is 8.22. The molecule has 6 atom stereocenters. The van der Waals surface area contributed by atoms with Gasteiger partial charge in [-0.3, -0.25) is 14.5 Å². The highest BCUT2D eigenvalue weighted by atomic mass is 19.1. The topological polar surface area (TPSA) is 136 Å². The van der Waals surface area contributed by atoms with Gasteiger partial charge in [-0.15, -0.1) is 0 Å². The number of aliphatic hydroxyl groups excluding tert-OH is 2. The molecule has 0 heterocycles. The average molecular weight is 502 g/mol. The fraction of sp³-hybridized carbons (Fsp3) is 0.556. The van der Waals surface area contributed by atoms with E-state index in [9.17, 15) is 29.3 Å². The molecule has 6 N–H and O–H groups in total. The maximum atomic E-state index is 14.0. The van der Waals surface area contributed by atoms with E-state index in [0.717, 1.165) is 11.1 Å². The van der Waals surface area contributed by atoms with Crippen LogP contribution in [0.5, 0.6) is 5.75 Å². The van der Waals surface area contributed by atoms with Gasteiger partial charge < -0.3 is 26.4 Å². The molecular formula is C27H36FN3O5. The number of nitrogens with two attached hydrogens (primary N) is 1. The molecule has 196 valence electrons. The molecule has 0 spiro atoms. The third kappa shape index (κ3) is 4.08. The Bertz CT molecular complexity index is 1140. The molecule has 6 unspecified atom stereocenters. The van der Waals surface area contributed by atoms with Crippen molar-refractivity contribution in [1.82, 2.24) is 10.2 Å². The number of aromatic hydroxyl groups is 1. The quantitative estimate of drug-likeness (QED) is 0.388. The van der Waals surface area contributed by atoms with E-state index in [1.165, 1.54) is 6.07 Å². The summed E-state index contributed by atoms with van der Waals surface area (Å²) in [4.78, 5) is 28.2. The van der Waals surface area contributed by atoms with Gasteiger partial charge in [0.1, 0.15) is 23.9 Å². The number of carbonyl (C=O) groups is 2. The Balaban J connectivity index is 1.84. The Hall–Kier alpha value is -2.91. The lowest BCUT2D eigenvalue weighted by Gasteiger charge is -2.50. The number of benzene rings is 1. The molecule has 0 radical (unpaired) electrons. The standard InChI is InChI=1S/C27H36FN3O5/c1-5-15-20-17(23(31(3)4)26(35)22(15)27(29)36)9-14-8-16-13(11-30-12(2)10-28)6-7-18(32)21(16)25(34)19(14)24(20)33/h6-7,12,14-15,17,20,23,30,32,34-35H,5,8-11H2,1-4H3,(H2,29,36). The number of aliphatic hydroxyl groups is 2. The molecule has 9 heteroatoms. The highest BCUT2D eigenvalue weighted by Crippen LogP contribution is 2.53. The molecule has 3 aliphatic carbocycles. The number of fused-ring (bicyclic) bond motifs is 3. The molecule has 1 aromatic rings. The number of likely N-dealkylation sites (N-methyl/N-ethyl adjacent to an activating group) is 1. The monoisotopic (exact) mass is 501 g/mol.